The minimum Gasteiger partial charge on any atom is -0.385 e. The van der Waals surface area contributed by atoms with Crippen molar-refractivity contribution < 1.29 is 0 Å². The topological polar surface area (TPSA) is 113 Å². The number of nitrogens with one attached hydrogen (secondary N) is 1. The first-order valence-electron chi connectivity index (χ1n) is 5.43. The van der Waals surface area contributed by atoms with Crippen LogP contribution in [0.25, 0.3) is 16.9 Å². The second-order valence-corrected chi connectivity index (χ2v) is 3.89. The molecule has 19 heavy (non-hydrogen) atoms. The summed E-state index contributed by atoms with van der Waals surface area (Å²) in [7, 11) is 0. The number of H-pyrrole nitrogens is 1. The first kappa shape index (κ1) is 11.0. The van der Waals surface area contributed by atoms with E-state index in [1.807, 2.05) is 12.1 Å². The van der Waals surface area contributed by atoms with Crippen molar-refractivity contribution in [2.24, 2.45) is 0 Å². The Morgan fingerprint density at radius 2 is 2.05 bits per heavy atom. The molecule has 3 heterocycles. The van der Waals surface area contributed by atoms with Crippen LogP contribution in [0.2, 0.25) is 0 Å². The molecule has 0 spiro atoms. The fraction of sp³-hybridized carbons (Fsp3) is 0. The molecule has 0 bridgehead atoms. The second kappa shape index (κ2) is 3.96. The lowest BCUT2D eigenvalue weighted by Crippen LogP contribution is -2.14. The summed E-state index contributed by atoms with van der Waals surface area (Å²) in [4.78, 5) is 21.7. The van der Waals surface area contributed by atoms with Crippen LogP contribution in [0.3, 0.4) is 0 Å². The van der Waals surface area contributed by atoms with E-state index in [1.54, 1.807) is 23.0 Å². The number of anilines is 1. The molecule has 3 N–H and O–H groups in total. The molecule has 3 aromatic heterocycles. The molecule has 3 rings (SSSR count). The van der Waals surface area contributed by atoms with Gasteiger partial charge in [-0.15, -0.1) is 0 Å². The third kappa shape index (κ3) is 1.71. The van der Waals surface area contributed by atoms with Crippen LogP contribution in [0, 0.1) is 11.3 Å². The standard InChI is InChI=1S/C12H8N6O/c13-6-7-5-8-9(14)15-12(19)17-10(8)16-11(7)18-3-1-2-4-18/h1-5H,(H3,14,15,16,17,19). The zero-order valence-corrected chi connectivity index (χ0v) is 9.66. The van der Waals surface area contributed by atoms with Gasteiger partial charge in [0.2, 0.25) is 0 Å². The number of aromatic amines is 1. The van der Waals surface area contributed by atoms with Gasteiger partial charge in [-0.25, -0.2) is 9.78 Å². The quantitative estimate of drug-likeness (QED) is 0.657. The average Bonchev–Trinajstić information content (AvgIpc) is 2.91. The van der Waals surface area contributed by atoms with Gasteiger partial charge in [-0.2, -0.15) is 10.2 Å². The van der Waals surface area contributed by atoms with E-state index in [0.717, 1.165) is 0 Å². The summed E-state index contributed by atoms with van der Waals surface area (Å²) in [6.07, 6.45) is 3.51. The Hall–Kier alpha value is -3.14. The Labute approximate surface area is 107 Å². The summed E-state index contributed by atoms with van der Waals surface area (Å²) in [6.45, 7) is 0. The molecule has 7 heteroatoms. The summed E-state index contributed by atoms with van der Waals surface area (Å²) in [5, 5.41) is 9.64. The molecule has 0 fully saturated rings. The molecule has 0 saturated carbocycles. The van der Waals surface area contributed by atoms with E-state index in [-0.39, 0.29) is 11.5 Å². The summed E-state index contributed by atoms with van der Waals surface area (Å²) in [5.41, 5.74) is 5.69. The molecule has 0 aromatic carbocycles. The van der Waals surface area contributed by atoms with Crippen LogP contribution < -0.4 is 11.4 Å². The normalized spacial score (nSPS) is 10.5. The summed E-state index contributed by atoms with van der Waals surface area (Å²) >= 11 is 0. The van der Waals surface area contributed by atoms with Crippen molar-refractivity contribution in [1.82, 2.24) is 19.5 Å². The maximum absolute atomic E-state index is 11.3. The number of nitriles is 1. The van der Waals surface area contributed by atoms with Gasteiger partial charge in [0.15, 0.2) is 11.5 Å². The van der Waals surface area contributed by atoms with E-state index < -0.39 is 5.69 Å². The number of nitrogens with two attached hydrogens (primary N) is 1. The van der Waals surface area contributed by atoms with Crippen LogP contribution in [-0.4, -0.2) is 19.5 Å². The fourth-order valence-corrected chi connectivity index (χ4v) is 1.84. The maximum Gasteiger partial charge on any atom is 0.348 e. The van der Waals surface area contributed by atoms with Gasteiger partial charge in [0.1, 0.15) is 11.9 Å². The van der Waals surface area contributed by atoms with Crippen LogP contribution in [0.1, 0.15) is 5.56 Å². The third-order valence-electron chi connectivity index (χ3n) is 2.69. The second-order valence-electron chi connectivity index (χ2n) is 3.89. The van der Waals surface area contributed by atoms with Crippen molar-refractivity contribution in [2.75, 3.05) is 5.73 Å². The highest BCUT2D eigenvalue weighted by molar-refractivity contribution is 5.87. The molecule has 3 aromatic rings. The van der Waals surface area contributed by atoms with E-state index in [4.69, 9.17) is 5.73 Å². The van der Waals surface area contributed by atoms with Crippen molar-refractivity contribution in [2.45, 2.75) is 0 Å². The van der Waals surface area contributed by atoms with Gasteiger partial charge in [-0.05, 0) is 18.2 Å². The zero-order valence-electron chi connectivity index (χ0n) is 9.66. The first-order valence-corrected chi connectivity index (χ1v) is 5.43. The van der Waals surface area contributed by atoms with Crippen LogP contribution in [-0.2, 0) is 0 Å². The van der Waals surface area contributed by atoms with Crippen LogP contribution in [0.4, 0.5) is 5.82 Å². The number of rotatable bonds is 1. The lowest BCUT2D eigenvalue weighted by molar-refractivity contribution is 0.998. The number of hydrogen-bond donors (Lipinski definition) is 2. The fourth-order valence-electron chi connectivity index (χ4n) is 1.84. The van der Waals surface area contributed by atoms with E-state index in [9.17, 15) is 10.1 Å². The van der Waals surface area contributed by atoms with Gasteiger partial charge >= 0.3 is 5.69 Å². The molecule has 0 atom stereocenters. The number of fused-ring (bicyclic) bond motifs is 1. The first-order chi connectivity index (χ1) is 9.19. The predicted molar refractivity (Wildman–Crippen MR) is 68.6 cm³/mol. The predicted octanol–water partition coefficient (Wildman–Crippen LogP) is 0.563. The smallest absolute Gasteiger partial charge is 0.348 e. The maximum atomic E-state index is 11.3. The number of nitrogens with zero attached hydrogens (tertiary/aromatic N) is 4. The number of nitrogen functional groups attached to an aromatic ring is 1. The van der Waals surface area contributed by atoms with Crippen molar-refractivity contribution in [3.05, 3.63) is 46.6 Å². The Balaban J connectivity index is 2.41. The largest absolute Gasteiger partial charge is 0.385 e. The van der Waals surface area contributed by atoms with Crippen LogP contribution in [0.15, 0.2) is 35.4 Å². The Kier molecular flexibility index (Phi) is 2.29. The van der Waals surface area contributed by atoms with E-state index >= 15 is 0 Å². The van der Waals surface area contributed by atoms with Gasteiger partial charge < -0.3 is 10.3 Å². The Morgan fingerprint density at radius 3 is 2.74 bits per heavy atom. The van der Waals surface area contributed by atoms with Crippen molar-refractivity contribution in [3.63, 3.8) is 0 Å². The molecular formula is C12H8N6O. The number of pyridine rings is 1. The summed E-state index contributed by atoms with van der Waals surface area (Å²) in [5.74, 6) is 0.565. The number of hydrogen-bond acceptors (Lipinski definition) is 5. The Morgan fingerprint density at radius 1 is 1.32 bits per heavy atom. The molecule has 0 unspecified atom stereocenters. The van der Waals surface area contributed by atoms with Gasteiger partial charge in [-0.1, -0.05) is 0 Å². The summed E-state index contributed by atoms with van der Waals surface area (Å²) in [6, 6.07) is 7.25. The minimum atomic E-state index is -0.569. The summed E-state index contributed by atoms with van der Waals surface area (Å²) < 4.78 is 1.68. The molecule has 0 radical (unpaired) electrons. The van der Waals surface area contributed by atoms with Crippen molar-refractivity contribution >= 4 is 16.9 Å². The molecule has 0 aliphatic carbocycles. The molecular weight excluding hydrogens is 244 g/mol. The average molecular weight is 252 g/mol. The highest BCUT2D eigenvalue weighted by atomic mass is 16.1. The van der Waals surface area contributed by atoms with Gasteiger partial charge in [0.05, 0.1) is 10.9 Å². The van der Waals surface area contributed by atoms with Gasteiger partial charge in [0.25, 0.3) is 0 Å². The molecule has 0 aliphatic rings. The van der Waals surface area contributed by atoms with Gasteiger partial charge in [0, 0.05) is 12.4 Å². The monoisotopic (exact) mass is 252 g/mol. The highest BCUT2D eigenvalue weighted by Crippen LogP contribution is 2.20. The van der Waals surface area contributed by atoms with E-state index in [2.05, 4.69) is 21.0 Å². The molecule has 0 amide bonds. The number of aromatic nitrogens is 4. The molecule has 92 valence electrons. The lowest BCUT2D eigenvalue weighted by atomic mass is 10.2. The molecule has 7 nitrogen and oxygen atoms in total. The van der Waals surface area contributed by atoms with E-state index in [0.29, 0.717) is 16.8 Å². The van der Waals surface area contributed by atoms with Crippen molar-refractivity contribution in [1.29, 1.82) is 5.26 Å². The lowest BCUT2D eigenvalue weighted by Gasteiger charge is -2.07. The molecule has 0 aliphatic heterocycles. The Bertz CT molecular complexity index is 856. The SMILES string of the molecule is N#Cc1cc2c(N)[nH]c(=O)nc2nc1-n1cccc1. The van der Waals surface area contributed by atoms with Crippen LogP contribution in [0.5, 0.6) is 0 Å². The van der Waals surface area contributed by atoms with E-state index in [1.165, 1.54) is 0 Å². The highest BCUT2D eigenvalue weighted by Gasteiger charge is 2.11. The van der Waals surface area contributed by atoms with Crippen LogP contribution >= 0.6 is 0 Å². The van der Waals surface area contributed by atoms with Gasteiger partial charge in [-0.3, -0.25) is 4.98 Å². The molecule has 0 saturated heterocycles. The minimum absolute atomic E-state index is 0.151. The zero-order chi connectivity index (χ0) is 13.4. The van der Waals surface area contributed by atoms with Crippen molar-refractivity contribution in [3.8, 4) is 11.9 Å². The third-order valence-corrected chi connectivity index (χ3v) is 2.69.